The van der Waals surface area contributed by atoms with Crippen molar-refractivity contribution >= 4 is 38.5 Å². The Balaban J connectivity index is 2.21. The quantitative estimate of drug-likeness (QED) is 0.399. The second-order valence-electron chi connectivity index (χ2n) is 4.38. The van der Waals surface area contributed by atoms with Crippen LogP contribution in [0.1, 0.15) is 0 Å². The van der Waals surface area contributed by atoms with Gasteiger partial charge in [-0.2, -0.15) is 0 Å². The summed E-state index contributed by atoms with van der Waals surface area (Å²) in [4.78, 5) is 2.67. The Morgan fingerprint density at radius 2 is 1.50 bits per heavy atom. The lowest BCUT2D eigenvalue weighted by molar-refractivity contribution is 1.36. The summed E-state index contributed by atoms with van der Waals surface area (Å²) in [5, 5.41) is 2.71. The molecule has 3 aromatic rings. The van der Waals surface area contributed by atoms with Crippen LogP contribution in [0.2, 0.25) is 0 Å². The van der Waals surface area contributed by atoms with E-state index in [9.17, 15) is 0 Å². The Hall–Kier alpha value is -1.25. The smallest absolute Gasteiger partial charge is 0.0343 e. The predicted molar refractivity (Wildman–Crippen MR) is 81.2 cm³/mol. The van der Waals surface area contributed by atoms with E-state index in [1.165, 1.54) is 36.2 Å². The fourth-order valence-electron chi connectivity index (χ4n) is 2.55. The fraction of sp³-hybridized carbons (Fsp3) is 0. The minimum absolute atomic E-state index is 1.18. The highest BCUT2D eigenvalue weighted by molar-refractivity contribution is 9.10. The lowest BCUT2D eigenvalue weighted by atomic mass is 9.98. The van der Waals surface area contributed by atoms with Crippen LogP contribution in [0.15, 0.2) is 68.9 Å². The molecule has 1 aliphatic rings. The van der Waals surface area contributed by atoms with Crippen molar-refractivity contribution in [3.8, 4) is 11.1 Å². The highest BCUT2D eigenvalue weighted by atomic mass is 79.9. The summed E-state index contributed by atoms with van der Waals surface area (Å²) in [7, 11) is 0. The molecule has 0 unspecified atom stereocenters. The number of rotatable bonds is 0. The van der Waals surface area contributed by atoms with Crippen molar-refractivity contribution in [2.75, 3.05) is 0 Å². The molecule has 4 rings (SSSR count). The third kappa shape index (κ3) is 1.39. The molecule has 0 N–H and O–H groups in total. The van der Waals surface area contributed by atoms with Crippen LogP contribution in [-0.2, 0) is 0 Å². The average Bonchev–Trinajstić information content (AvgIpc) is 2.41. The van der Waals surface area contributed by atoms with Gasteiger partial charge in [-0.25, -0.2) is 0 Å². The Kier molecular flexibility index (Phi) is 2.29. The minimum Gasteiger partial charge on any atom is -0.0876 e. The van der Waals surface area contributed by atoms with E-state index >= 15 is 0 Å². The topological polar surface area (TPSA) is 0 Å². The van der Waals surface area contributed by atoms with Crippen molar-refractivity contribution < 1.29 is 0 Å². The van der Waals surface area contributed by atoms with E-state index in [0.29, 0.717) is 0 Å². The van der Waals surface area contributed by atoms with E-state index in [-0.39, 0.29) is 0 Å². The van der Waals surface area contributed by atoms with Gasteiger partial charge in [0, 0.05) is 19.6 Å². The molecule has 1 heterocycles. The zero-order chi connectivity index (χ0) is 12.1. The highest BCUT2D eigenvalue weighted by Crippen LogP contribution is 2.49. The molecule has 3 aromatic carbocycles. The molecule has 86 valence electrons. The summed E-state index contributed by atoms with van der Waals surface area (Å²) >= 11 is 5.52. The van der Waals surface area contributed by atoms with Crippen molar-refractivity contribution in [2.45, 2.75) is 9.79 Å². The predicted octanol–water partition coefficient (Wildman–Crippen LogP) is 5.73. The maximum Gasteiger partial charge on any atom is 0.0343 e. The third-order valence-electron chi connectivity index (χ3n) is 3.34. The van der Waals surface area contributed by atoms with Crippen LogP contribution in [0.25, 0.3) is 21.9 Å². The van der Waals surface area contributed by atoms with Crippen molar-refractivity contribution in [1.29, 1.82) is 0 Å². The number of fused-ring (bicyclic) bond motifs is 2. The van der Waals surface area contributed by atoms with Gasteiger partial charge in [0.25, 0.3) is 0 Å². The van der Waals surface area contributed by atoms with Gasteiger partial charge in [-0.05, 0) is 44.6 Å². The van der Waals surface area contributed by atoms with E-state index in [1.807, 2.05) is 11.8 Å². The van der Waals surface area contributed by atoms with Gasteiger partial charge in [0.15, 0.2) is 0 Å². The Morgan fingerprint density at radius 1 is 0.778 bits per heavy atom. The van der Waals surface area contributed by atoms with Gasteiger partial charge >= 0.3 is 0 Å². The van der Waals surface area contributed by atoms with Gasteiger partial charge in [-0.15, -0.1) is 0 Å². The monoisotopic (exact) mass is 312 g/mol. The molecule has 0 spiro atoms. The molecule has 0 bridgehead atoms. The molecule has 0 fully saturated rings. The van der Waals surface area contributed by atoms with E-state index < -0.39 is 0 Å². The van der Waals surface area contributed by atoms with E-state index in [2.05, 4.69) is 70.5 Å². The molecule has 2 heteroatoms. The highest BCUT2D eigenvalue weighted by Gasteiger charge is 2.19. The minimum atomic E-state index is 1.18. The maximum absolute atomic E-state index is 3.66. The average molecular weight is 313 g/mol. The normalized spacial score (nSPS) is 12.5. The first-order chi connectivity index (χ1) is 8.84. The molecular formula is C16H9BrS. The van der Waals surface area contributed by atoms with Crippen LogP contribution < -0.4 is 0 Å². The van der Waals surface area contributed by atoms with Crippen molar-refractivity contribution in [3.63, 3.8) is 0 Å². The summed E-state index contributed by atoms with van der Waals surface area (Å²) in [6, 6.07) is 19.5. The molecule has 0 radical (unpaired) electrons. The van der Waals surface area contributed by atoms with Crippen molar-refractivity contribution in [3.05, 3.63) is 59.1 Å². The number of hydrogen-bond acceptors (Lipinski definition) is 1. The first-order valence-corrected chi connectivity index (χ1v) is 7.44. The SMILES string of the molecule is Brc1cccc2c1Sc1cccc3cccc-2c13. The summed E-state index contributed by atoms with van der Waals surface area (Å²) in [5.74, 6) is 0. The van der Waals surface area contributed by atoms with Gasteiger partial charge in [0.2, 0.25) is 0 Å². The summed E-state index contributed by atoms with van der Waals surface area (Å²) in [6.45, 7) is 0. The fourth-order valence-corrected chi connectivity index (χ4v) is 4.31. The molecule has 0 aromatic heterocycles. The largest absolute Gasteiger partial charge is 0.0876 e. The summed E-state index contributed by atoms with van der Waals surface area (Å²) in [6.07, 6.45) is 0. The van der Waals surface area contributed by atoms with Crippen LogP contribution in [0.5, 0.6) is 0 Å². The molecule has 0 saturated heterocycles. The van der Waals surface area contributed by atoms with Gasteiger partial charge in [-0.3, -0.25) is 0 Å². The first-order valence-electron chi connectivity index (χ1n) is 5.83. The Labute approximate surface area is 118 Å². The van der Waals surface area contributed by atoms with Crippen molar-refractivity contribution in [2.24, 2.45) is 0 Å². The summed E-state index contributed by atoms with van der Waals surface area (Å²) < 4.78 is 1.18. The zero-order valence-electron chi connectivity index (χ0n) is 9.48. The molecule has 0 amide bonds. The second kappa shape index (κ2) is 3.87. The van der Waals surface area contributed by atoms with Crippen LogP contribution >= 0.6 is 27.7 Å². The molecule has 0 aliphatic carbocycles. The first kappa shape index (κ1) is 10.7. The lowest BCUT2D eigenvalue weighted by Gasteiger charge is -2.20. The Bertz CT molecular complexity index is 772. The summed E-state index contributed by atoms with van der Waals surface area (Å²) in [5.41, 5.74) is 2.68. The van der Waals surface area contributed by atoms with Gasteiger partial charge in [0.1, 0.15) is 0 Å². The van der Waals surface area contributed by atoms with Gasteiger partial charge < -0.3 is 0 Å². The van der Waals surface area contributed by atoms with Crippen LogP contribution in [0.3, 0.4) is 0 Å². The standard InChI is InChI=1S/C16H9BrS/c17-13-8-3-7-12-11-6-1-4-10-5-2-9-14(15(10)11)18-16(12)13/h1-9H. The second-order valence-corrected chi connectivity index (χ2v) is 6.28. The van der Waals surface area contributed by atoms with E-state index in [4.69, 9.17) is 0 Å². The number of benzene rings is 3. The van der Waals surface area contributed by atoms with Crippen molar-refractivity contribution in [1.82, 2.24) is 0 Å². The third-order valence-corrected chi connectivity index (χ3v) is 5.46. The van der Waals surface area contributed by atoms with Crippen LogP contribution in [0.4, 0.5) is 0 Å². The molecule has 0 saturated carbocycles. The molecule has 0 atom stereocenters. The van der Waals surface area contributed by atoms with E-state index in [1.54, 1.807) is 0 Å². The zero-order valence-corrected chi connectivity index (χ0v) is 11.9. The van der Waals surface area contributed by atoms with Crippen LogP contribution in [0, 0.1) is 0 Å². The number of hydrogen-bond donors (Lipinski definition) is 0. The van der Waals surface area contributed by atoms with E-state index in [0.717, 1.165) is 0 Å². The molecular weight excluding hydrogens is 304 g/mol. The van der Waals surface area contributed by atoms with Gasteiger partial charge in [-0.1, -0.05) is 54.2 Å². The molecule has 1 aliphatic heterocycles. The maximum atomic E-state index is 3.66. The Morgan fingerprint density at radius 3 is 2.39 bits per heavy atom. The van der Waals surface area contributed by atoms with Gasteiger partial charge in [0.05, 0.1) is 0 Å². The molecule has 18 heavy (non-hydrogen) atoms. The number of halogens is 1. The lowest BCUT2D eigenvalue weighted by Crippen LogP contribution is -1.93. The van der Waals surface area contributed by atoms with Crippen LogP contribution in [-0.4, -0.2) is 0 Å². The molecule has 0 nitrogen and oxygen atoms in total.